The van der Waals surface area contributed by atoms with E-state index in [1.165, 1.54) is 12.1 Å². The molecule has 1 aromatic carbocycles. The predicted octanol–water partition coefficient (Wildman–Crippen LogP) is 3.72. The van der Waals surface area contributed by atoms with E-state index in [2.05, 4.69) is 6.58 Å². The second kappa shape index (κ2) is 4.04. The molecule has 0 aliphatic heterocycles. The first kappa shape index (κ1) is 9.72. The third kappa shape index (κ3) is 2.55. The zero-order valence-electron chi connectivity index (χ0n) is 7.97. The molecule has 13 heavy (non-hydrogen) atoms. The van der Waals surface area contributed by atoms with Crippen molar-refractivity contribution in [1.29, 1.82) is 0 Å². The van der Waals surface area contributed by atoms with Crippen LogP contribution in [0, 0.1) is 12.7 Å². The molecule has 0 nitrogen and oxygen atoms in total. The molecular formula is C12H13F. The van der Waals surface area contributed by atoms with Crippen LogP contribution in [0.3, 0.4) is 0 Å². The van der Waals surface area contributed by atoms with Crippen LogP contribution in [-0.2, 0) is 0 Å². The van der Waals surface area contributed by atoms with Crippen LogP contribution < -0.4 is 0 Å². The average molecular weight is 176 g/mol. The molecule has 0 heterocycles. The van der Waals surface area contributed by atoms with E-state index in [0.717, 1.165) is 16.7 Å². The summed E-state index contributed by atoms with van der Waals surface area (Å²) >= 11 is 0. The predicted molar refractivity (Wildman–Crippen MR) is 55.0 cm³/mol. The second-order valence-electron chi connectivity index (χ2n) is 3.09. The summed E-state index contributed by atoms with van der Waals surface area (Å²) in [5, 5.41) is 0. The van der Waals surface area contributed by atoms with Gasteiger partial charge in [0.15, 0.2) is 0 Å². The van der Waals surface area contributed by atoms with Gasteiger partial charge in [0.1, 0.15) is 5.82 Å². The minimum atomic E-state index is -0.200. The summed E-state index contributed by atoms with van der Waals surface area (Å²) < 4.78 is 12.8. The molecule has 0 N–H and O–H groups in total. The fourth-order valence-corrected chi connectivity index (χ4v) is 1.07. The molecule has 0 saturated heterocycles. The number of rotatable bonds is 2. The monoisotopic (exact) mass is 176 g/mol. The number of hydrogen-bond acceptors (Lipinski definition) is 0. The lowest BCUT2D eigenvalue weighted by Crippen LogP contribution is -1.83. The molecule has 0 bridgehead atoms. The summed E-state index contributed by atoms with van der Waals surface area (Å²) in [4.78, 5) is 0. The lowest BCUT2D eigenvalue weighted by Gasteiger charge is -2.00. The van der Waals surface area contributed by atoms with Crippen LogP contribution in [0.5, 0.6) is 0 Å². The molecule has 0 aliphatic rings. The Morgan fingerprint density at radius 3 is 2.77 bits per heavy atom. The highest BCUT2D eigenvalue weighted by molar-refractivity contribution is 5.58. The minimum absolute atomic E-state index is 0.200. The third-order valence-corrected chi connectivity index (χ3v) is 1.95. The van der Waals surface area contributed by atoms with Gasteiger partial charge in [-0.25, -0.2) is 4.39 Å². The highest BCUT2D eigenvalue weighted by Crippen LogP contribution is 2.14. The van der Waals surface area contributed by atoms with Crippen molar-refractivity contribution in [2.45, 2.75) is 13.8 Å². The van der Waals surface area contributed by atoms with Gasteiger partial charge in [-0.15, -0.1) is 0 Å². The van der Waals surface area contributed by atoms with Gasteiger partial charge in [-0.3, -0.25) is 0 Å². The lowest BCUT2D eigenvalue weighted by molar-refractivity contribution is 0.627. The molecule has 0 saturated carbocycles. The van der Waals surface area contributed by atoms with Gasteiger partial charge >= 0.3 is 0 Å². The van der Waals surface area contributed by atoms with E-state index in [1.54, 1.807) is 12.1 Å². The topological polar surface area (TPSA) is 0 Å². The zero-order valence-corrected chi connectivity index (χ0v) is 7.97. The van der Waals surface area contributed by atoms with E-state index in [9.17, 15) is 4.39 Å². The molecule has 1 heteroatoms. The Balaban J connectivity index is 3.13. The van der Waals surface area contributed by atoms with Crippen LogP contribution in [0.4, 0.5) is 4.39 Å². The Labute approximate surface area is 78.4 Å². The fraction of sp³-hybridized carbons (Fsp3) is 0.167. The van der Waals surface area contributed by atoms with Gasteiger partial charge in [0.2, 0.25) is 0 Å². The highest BCUT2D eigenvalue weighted by Gasteiger charge is 1.96. The van der Waals surface area contributed by atoms with Crippen molar-refractivity contribution in [3.05, 3.63) is 53.4 Å². The van der Waals surface area contributed by atoms with Crippen LogP contribution in [0.2, 0.25) is 0 Å². The summed E-state index contributed by atoms with van der Waals surface area (Å²) in [6.45, 7) is 7.55. The largest absolute Gasteiger partial charge is 0.207 e. The smallest absolute Gasteiger partial charge is 0.123 e. The van der Waals surface area contributed by atoms with E-state index < -0.39 is 0 Å². The van der Waals surface area contributed by atoms with Crippen molar-refractivity contribution in [2.24, 2.45) is 0 Å². The first-order valence-electron chi connectivity index (χ1n) is 4.20. The molecule has 0 amide bonds. The summed E-state index contributed by atoms with van der Waals surface area (Å²) in [7, 11) is 0. The Hall–Kier alpha value is -1.37. The van der Waals surface area contributed by atoms with Gasteiger partial charge in [-0.1, -0.05) is 30.4 Å². The normalized spacial score (nSPS) is 11.5. The molecule has 0 fully saturated rings. The number of aryl methyl sites for hydroxylation is 1. The standard InChI is InChI=1S/C12H13F/c1-4-9(2)7-11-8-12(13)6-5-10(11)3/h4-8H,1H2,2-3H3/b9-7+. The minimum Gasteiger partial charge on any atom is -0.207 e. The zero-order chi connectivity index (χ0) is 9.84. The molecule has 0 aromatic heterocycles. The maximum atomic E-state index is 12.8. The first-order chi connectivity index (χ1) is 6.13. The van der Waals surface area contributed by atoms with Crippen LogP contribution in [-0.4, -0.2) is 0 Å². The van der Waals surface area contributed by atoms with E-state index in [4.69, 9.17) is 0 Å². The highest BCUT2D eigenvalue weighted by atomic mass is 19.1. The van der Waals surface area contributed by atoms with Crippen LogP contribution in [0.15, 0.2) is 36.4 Å². The van der Waals surface area contributed by atoms with Gasteiger partial charge in [-0.05, 0) is 37.1 Å². The van der Waals surface area contributed by atoms with Crippen molar-refractivity contribution < 1.29 is 4.39 Å². The van der Waals surface area contributed by atoms with Gasteiger partial charge in [-0.2, -0.15) is 0 Å². The number of allylic oxidation sites excluding steroid dienone is 2. The van der Waals surface area contributed by atoms with Crippen molar-refractivity contribution >= 4 is 6.08 Å². The number of halogens is 1. The Bertz CT molecular complexity index is 348. The maximum absolute atomic E-state index is 12.8. The van der Waals surface area contributed by atoms with Crippen LogP contribution >= 0.6 is 0 Å². The average Bonchev–Trinajstić information content (AvgIpc) is 2.11. The van der Waals surface area contributed by atoms with Crippen molar-refractivity contribution in [2.75, 3.05) is 0 Å². The Kier molecular flexibility index (Phi) is 3.02. The lowest BCUT2D eigenvalue weighted by atomic mass is 10.1. The van der Waals surface area contributed by atoms with E-state index in [1.807, 2.05) is 19.9 Å². The first-order valence-corrected chi connectivity index (χ1v) is 4.20. The number of hydrogen-bond donors (Lipinski definition) is 0. The molecule has 0 unspecified atom stereocenters. The van der Waals surface area contributed by atoms with Gasteiger partial charge in [0.25, 0.3) is 0 Å². The van der Waals surface area contributed by atoms with Gasteiger partial charge in [0, 0.05) is 0 Å². The molecule has 0 radical (unpaired) electrons. The Morgan fingerprint density at radius 1 is 1.46 bits per heavy atom. The Morgan fingerprint density at radius 2 is 2.15 bits per heavy atom. The van der Waals surface area contributed by atoms with Gasteiger partial charge < -0.3 is 0 Å². The molecular weight excluding hydrogens is 163 g/mol. The number of benzene rings is 1. The summed E-state index contributed by atoms with van der Waals surface area (Å²) in [6.07, 6.45) is 3.68. The third-order valence-electron chi connectivity index (χ3n) is 1.95. The van der Waals surface area contributed by atoms with Crippen LogP contribution in [0.1, 0.15) is 18.1 Å². The second-order valence-corrected chi connectivity index (χ2v) is 3.09. The van der Waals surface area contributed by atoms with Gasteiger partial charge in [0.05, 0.1) is 0 Å². The van der Waals surface area contributed by atoms with Crippen LogP contribution in [0.25, 0.3) is 6.08 Å². The maximum Gasteiger partial charge on any atom is 0.123 e. The van der Waals surface area contributed by atoms with Crippen molar-refractivity contribution in [3.63, 3.8) is 0 Å². The molecule has 1 aromatic rings. The fourth-order valence-electron chi connectivity index (χ4n) is 1.07. The molecule has 0 spiro atoms. The molecule has 0 aliphatic carbocycles. The molecule has 68 valence electrons. The molecule has 1 rings (SSSR count). The summed E-state index contributed by atoms with van der Waals surface area (Å²) in [6, 6.07) is 4.77. The van der Waals surface area contributed by atoms with E-state index in [0.29, 0.717) is 0 Å². The SMILES string of the molecule is C=C/C(C)=C/c1cc(F)ccc1C. The van der Waals surface area contributed by atoms with E-state index >= 15 is 0 Å². The van der Waals surface area contributed by atoms with Crippen molar-refractivity contribution in [3.8, 4) is 0 Å². The summed E-state index contributed by atoms with van der Waals surface area (Å²) in [5.74, 6) is -0.200. The summed E-state index contributed by atoms with van der Waals surface area (Å²) in [5.41, 5.74) is 3.02. The molecule has 0 atom stereocenters. The van der Waals surface area contributed by atoms with E-state index in [-0.39, 0.29) is 5.82 Å². The van der Waals surface area contributed by atoms with Crippen molar-refractivity contribution in [1.82, 2.24) is 0 Å². The quantitative estimate of drug-likeness (QED) is 0.602.